The molecule has 2 aliphatic rings. The number of benzene rings is 2. The molecule has 3 atom stereocenters. The van der Waals surface area contributed by atoms with E-state index in [0.717, 1.165) is 75.0 Å². The van der Waals surface area contributed by atoms with Crippen LogP contribution in [0.25, 0.3) is 0 Å². The number of urea groups is 1. The molecule has 1 saturated carbocycles. The van der Waals surface area contributed by atoms with Crippen molar-refractivity contribution in [1.82, 2.24) is 10.6 Å². The van der Waals surface area contributed by atoms with Gasteiger partial charge in [-0.15, -0.1) is 13.2 Å². The minimum atomic E-state index is -4.79. The molecule has 0 spiro atoms. The van der Waals surface area contributed by atoms with E-state index in [0.29, 0.717) is 12.2 Å². The summed E-state index contributed by atoms with van der Waals surface area (Å²) in [5.41, 5.74) is 0.401. The molecule has 4 rings (SSSR count). The summed E-state index contributed by atoms with van der Waals surface area (Å²) in [6, 6.07) is 9.65. The van der Waals surface area contributed by atoms with Crippen LogP contribution in [0, 0.1) is 0 Å². The lowest BCUT2D eigenvalue weighted by atomic mass is 9.89. The third kappa shape index (κ3) is 7.92. The number of amides is 2. The molecule has 2 aromatic carbocycles. The molecular weight excluding hydrogens is 514 g/mol. The Morgan fingerprint density at radius 2 is 1.50 bits per heavy atom. The van der Waals surface area contributed by atoms with Crippen molar-refractivity contribution in [2.75, 3.05) is 23.3 Å². The van der Waals surface area contributed by atoms with E-state index >= 15 is 0 Å². The minimum Gasteiger partial charge on any atom is -0.406 e. The highest BCUT2D eigenvalue weighted by molar-refractivity contribution is 5.89. The van der Waals surface area contributed by atoms with Crippen molar-refractivity contribution in [2.24, 2.45) is 0 Å². The van der Waals surface area contributed by atoms with Crippen LogP contribution in [-0.4, -0.2) is 43.6 Å². The Kier molecular flexibility index (Phi) is 8.59. The Bertz CT molecular complexity index is 1060. The number of anilines is 2. The molecule has 2 aromatic rings. The summed E-state index contributed by atoms with van der Waals surface area (Å²) in [5.74, 6) is -0.377. The first-order valence-corrected chi connectivity index (χ1v) is 12.6. The third-order valence-corrected chi connectivity index (χ3v) is 6.86. The molecular formula is C26H30F6N4O2. The molecule has 6 nitrogen and oxygen atoms in total. The van der Waals surface area contributed by atoms with Crippen LogP contribution in [0.2, 0.25) is 0 Å². The van der Waals surface area contributed by atoms with Gasteiger partial charge >= 0.3 is 18.6 Å². The highest BCUT2D eigenvalue weighted by atomic mass is 19.4. The van der Waals surface area contributed by atoms with Crippen LogP contribution in [0.4, 0.5) is 42.5 Å². The predicted octanol–water partition coefficient (Wildman–Crippen LogP) is 6.30. The zero-order valence-corrected chi connectivity index (χ0v) is 20.5. The van der Waals surface area contributed by atoms with Crippen molar-refractivity contribution >= 4 is 17.4 Å². The van der Waals surface area contributed by atoms with Crippen molar-refractivity contribution in [2.45, 2.75) is 69.2 Å². The molecule has 0 bridgehead atoms. The van der Waals surface area contributed by atoms with Gasteiger partial charge in [0.25, 0.3) is 0 Å². The molecule has 0 radical (unpaired) electrons. The Labute approximate surface area is 216 Å². The summed E-state index contributed by atoms with van der Waals surface area (Å²) in [7, 11) is 0. The first kappa shape index (κ1) is 27.9. The first-order chi connectivity index (χ1) is 18.0. The van der Waals surface area contributed by atoms with Gasteiger partial charge in [0.2, 0.25) is 0 Å². The van der Waals surface area contributed by atoms with Crippen molar-refractivity contribution in [1.29, 1.82) is 0 Å². The van der Waals surface area contributed by atoms with Crippen LogP contribution in [-0.2, 0) is 6.18 Å². The van der Waals surface area contributed by atoms with Crippen LogP contribution in [0.15, 0.2) is 48.5 Å². The van der Waals surface area contributed by atoms with Crippen molar-refractivity contribution < 1.29 is 35.9 Å². The number of nitrogens with zero attached hydrogens (tertiary/aromatic N) is 1. The van der Waals surface area contributed by atoms with Crippen molar-refractivity contribution in [3.05, 3.63) is 54.1 Å². The number of alkyl halides is 6. The van der Waals surface area contributed by atoms with E-state index in [-0.39, 0.29) is 23.9 Å². The fourth-order valence-electron chi connectivity index (χ4n) is 5.09. The SMILES string of the molecule is O=C(Nc1ccc(OC(F)(F)F)cc1)N[C@@H]1CCCC[C@H]1NC1CCCN(c2ccc(C(F)(F)F)cc2)C1. The number of nitrogens with one attached hydrogen (secondary N) is 3. The van der Waals surface area contributed by atoms with Gasteiger partial charge in [0, 0.05) is 42.6 Å². The molecule has 2 amide bonds. The van der Waals surface area contributed by atoms with E-state index in [2.05, 4.69) is 25.6 Å². The van der Waals surface area contributed by atoms with Gasteiger partial charge in [0.1, 0.15) is 5.75 Å². The Hall–Kier alpha value is -3.15. The summed E-state index contributed by atoms with van der Waals surface area (Å²) in [6.45, 7) is 1.40. The van der Waals surface area contributed by atoms with E-state index in [1.54, 1.807) is 0 Å². The number of rotatable bonds is 6. The monoisotopic (exact) mass is 544 g/mol. The molecule has 208 valence electrons. The standard InChI is InChI=1S/C26H30F6N4O2/c27-25(28,29)17-7-11-20(12-8-17)36-15-3-4-19(16-36)33-22-5-1-2-6-23(22)35-24(37)34-18-9-13-21(14-10-18)38-26(30,31)32/h7-14,19,22-23,33H,1-6,15-16H2,(H2,34,35,37)/t19?,22-,23-/m1/s1. The number of carbonyl (C=O) groups excluding carboxylic acids is 1. The average Bonchev–Trinajstić information content (AvgIpc) is 2.85. The number of hydrogen-bond donors (Lipinski definition) is 3. The van der Waals surface area contributed by atoms with Gasteiger partial charge < -0.3 is 25.6 Å². The quantitative estimate of drug-likeness (QED) is 0.374. The second kappa shape index (κ2) is 11.7. The highest BCUT2D eigenvalue weighted by Crippen LogP contribution is 2.31. The van der Waals surface area contributed by atoms with Gasteiger partial charge in [-0.1, -0.05) is 12.8 Å². The minimum absolute atomic E-state index is 0.0228. The largest absolute Gasteiger partial charge is 0.573 e. The molecule has 1 heterocycles. The maximum Gasteiger partial charge on any atom is 0.573 e. The van der Waals surface area contributed by atoms with E-state index in [4.69, 9.17) is 0 Å². The first-order valence-electron chi connectivity index (χ1n) is 12.6. The van der Waals surface area contributed by atoms with E-state index in [1.807, 2.05) is 0 Å². The molecule has 1 saturated heterocycles. The number of hydrogen-bond acceptors (Lipinski definition) is 4. The second-order valence-corrected chi connectivity index (χ2v) is 9.66. The summed E-state index contributed by atoms with van der Waals surface area (Å²) >= 11 is 0. The van der Waals surface area contributed by atoms with Crippen LogP contribution < -0.4 is 25.6 Å². The number of carbonyl (C=O) groups is 1. The fourth-order valence-corrected chi connectivity index (χ4v) is 5.09. The Morgan fingerprint density at radius 1 is 0.842 bits per heavy atom. The van der Waals surface area contributed by atoms with E-state index in [1.165, 1.54) is 24.3 Å². The molecule has 2 fully saturated rings. The third-order valence-electron chi connectivity index (χ3n) is 6.86. The van der Waals surface area contributed by atoms with Crippen LogP contribution in [0.1, 0.15) is 44.1 Å². The Balaban J connectivity index is 1.31. The smallest absolute Gasteiger partial charge is 0.406 e. The van der Waals surface area contributed by atoms with Crippen LogP contribution in [0.3, 0.4) is 0 Å². The zero-order chi connectivity index (χ0) is 27.3. The van der Waals surface area contributed by atoms with E-state index < -0.39 is 24.1 Å². The maximum atomic E-state index is 12.9. The molecule has 1 unspecified atom stereocenters. The molecule has 12 heteroatoms. The van der Waals surface area contributed by atoms with Crippen LogP contribution >= 0.6 is 0 Å². The lowest BCUT2D eigenvalue weighted by Gasteiger charge is -2.40. The van der Waals surface area contributed by atoms with Gasteiger partial charge in [0.15, 0.2) is 0 Å². The molecule has 0 aromatic heterocycles. The van der Waals surface area contributed by atoms with Crippen molar-refractivity contribution in [3.8, 4) is 5.75 Å². The zero-order valence-electron chi connectivity index (χ0n) is 20.5. The fraction of sp³-hybridized carbons (Fsp3) is 0.500. The van der Waals surface area contributed by atoms with Gasteiger partial charge in [-0.3, -0.25) is 0 Å². The number of halogens is 6. The number of ether oxygens (including phenoxy) is 1. The highest BCUT2D eigenvalue weighted by Gasteiger charge is 2.33. The predicted molar refractivity (Wildman–Crippen MR) is 131 cm³/mol. The number of piperidine rings is 1. The normalized spacial score (nSPS) is 22.6. The lowest BCUT2D eigenvalue weighted by molar-refractivity contribution is -0.274. The summed E-state index contributed by atoms with van der Waals surface area (Å²) in [5, 5.41) is 9.28. The van der Waals surface area contributed by atoms with Gasteiger partial charge in [0.05, 0.1) is 5.56 Å². The summed E-state index contributed by atoms with van der Waals surface area (Å²) in [6.07, 6.45) is -3.75. The Morgan fingerprint density at radius 3 is 2.13 bits per heavy atom. The second-order valence-electron chi connectivity index (χ2n) is 9.66. The molecule has 3 N–H and O–H groups in total. The van der Waals surface area contributed by atoms with Crippen LogP contribution in [0.5, 0.6) is 5.75 Å². The maximum absolute atomic E-state index is 12.9. The average molecular weight is 545 g/mol. The van der Waals surface area contributed by atoms with Gasteiger partial charge in [-0.25, -0.2) is 4.79 Å². The molecule has 38 heavy (non-hydrogen) atoms. The molecule has 1 aliphatic carbocycles. The summed E-state index contributed by atoms with van der Waals surface area (Å²) < 4.78 is 79.5. The van der Waals surface area contributed by atoms with Gasteiger partial charge in [-0.05, 0) is 74.2 Å². The van der Waals surface area contributed by atoms with Crippen molar-refractivity contribution in [3.63, 3.8) is 0 Å². The van der Waals surface area contributed by atoms with E-state index in [9.17, 15) is 31.1 Å². The van der Waals surface area contributed by atoms with Gasteiger partial charge in [-0.2, -0.15) is 13.2 Å². The topological polar surface area (TPSA) is 65.6 Å². The molecule has 1 aliphatic heterocycles. The summed E-state index contributed by atoms with van der Waals surface area (Å²) in [4.78, 5) is 14.7. The lowest BCUT2D eigenvalue weighted by Crippen LogP contribution is -2.57.